The predicted octanol–water partition coefficient (Wildman–Crippen LogP) is -2.07. The summed E-state index contributed by atoms with van der Waals surface area (Å²) in [5.41, 5.74) is 0. The lowest BCUT2D eigenvalue weighted by Crippen LogP contribution is -2.32. The fourth-order valence-corrected chi connectivity index (χ4v) is 0.791. The normalized spacial score (nSPS) is 21.3. The van der Waals surface area contributed by atoms with Crippen LogP contribution in [-0.2, 0) is 31.1 Å². The zero-order chi connectivity index (χ0) is 9.72. The molecule has 4 N–H and O–H groups in total. The summed E-state index contributed by atoms with van der Waals surface area (Å²) in [7, 11) is 0. The minimum absolute atomic E-state index is 2.17. The van der Waals surface area contributed by atoms with Crippen LogP contribution in [0.2, 0.25) is 0 Å². The second kappa shape index (κ2) is 5.66. The van der Waals surface area contributed by atoms with Crippen LogP contribution < -0.4 is 0 Å². The number of hydrogen-bond donors (Lipinski definition) is 4. The topological polar surface area (TPSA) is 134 Å². The van der Waals surface area contributed by atoms with E-state index < -0.39 is 35.3 Å². The number of rotatable bonds is 5. The summed E-state index contributed by atoms with van der Waals surface area (Å²) in [4.78, 5) is 0. The Morgan fingerprint density at radius 1 is 0.917 bits per heavy atom. The molecule has 4 atom stereocenters. The highest BCUT2D eigenvalue weighted by Gasteiger charge is 2.22. The Kier molecular flexibility index (Phi) is 5.69. The first kappa shape index (κ1) is 12.1. The van der Waals surface area contributed by atoms with E-state index in [0.29, 0.717) is 0 Å². The smallest absolute Gasteiger partial charge is 0.304 e. The molecule has 0 saturated heterocycles. The lowest BCUT2D eigenvalue weighted by Gasteiger charge is -2.12. The summed E-state index contributed by atoms with van der Waals surface area (Å²) in [6.07, 6.45) is -4.35. The Labute approximate surface area is 72.1 Å². The average molecular weight is 222 g/mol. The molecule has 74 valence electrons. The molecule has 0 aromatic carbocycles. The second-order valence-corrected chi connectivity index (χ2v) is 2.66. The first-order valence-corrected chi connectivity index (χ1v) is 4.42. The minimum atomic E-state index is -2.80. The largest absolute Gasteiger partial charge is 0.363 e. The Hall–Kier alpha value is 0.0600. The molecule has 4 unspecified atom stereocenters. The van der Waals surface area contributed by atoms with Crippen LogP contribution in [0.4, 0.5) is 0 Å². The highest BCUT2D eigenvalue weighted by molar-refractivity contribution is 7.74. The Bertz CT molecular complexity index is 160. The maximum absolute atomic E-state index is 9.82. The fourth-order valence-electron chi connectivity index (χ4n) is 0.264. The van der Waals surface area contributed by atoms with Crippen LogP contribution in [0.1, 0.15) is 0 Å². The third kappa shape index (κ3) is 5.68. The van der Waals surface area contributed by atoms with Crippen molar-refractivity contribution in [3.8, 4) is 0 Å². The van der Waals surface area contributed by atoms with E-state index in [1.54, 1.807) is 0 Å². The fraction of sp³-hybridized carbons (Fsp3) is 1.00. The van der Waals surface area contributed by atoms with Gasteiger partial charge in [-0.2, -0.15) is 8.42 Å². The summed E-state index contributed by atoms with van der Waals surface area (Å²) in [5, 5.41) is 17.1. The second-order valence-electron chi connectivity index (χ2n) is 1.41. The molecule has 0 radical (unpaired) electrons. The van der Waals surface area contributed by atoms with Gasteiger partial charge in [-0.05, 0) is 0 Å². The molecule has 0 aromatic heterocycles. The Balaban J connectivity index is 3.83. The van der Waals surface area contributed by atoms with Gasteiger partial charge in [0, 0.05) is 0 Å². The molecule has 0 saturated carbocycles. The Morgan fingerprint density at radius 2 is 1.17 bits per heavy atom. The van der Waals surface area contributed by atoms with E-state index in [0.717, 1.165) is 0 Å². The molecular weight excluding hydrogens is 216 g/mol. The average Bonchev–Trinajstić information content (AvgIpc) is 1.84. The molecule has 0 amide bonds. The summed E-state index contributed by atoms with van der Waals surface area (Å²) >= 11 is -5.60. The van der Waals surface area contributed by atoms with Crippen molar-refractivity contribution in [2.24, 2.45) is 0 Å². The molecule has 12 heavy (non-hydrogen) atoms. The molecule has 0 aromatic rings. The maximum Gasteiger partial charge on any atom is 0.304 e. The van der Waals surface area contributed by atoms with Crippen molar-refractivity contribution in [1.82, 2.24) is 0 Å². The quantitative estimate of drug-likeness (QED) is 0.308. The van der Waals surface area contributed by atoms with Crippen molar-refractivity contribution >= 4 is 22.7 Å². The van der Waals surface area contributed by atoms with E-state index in [-0.39, 0.29) is 0 Å². The predicted molar refractivity (Wildman–Crippen MR) is 35.7 cm³/mol. The van der Waals surface area contributed by atoms with E-state index >= 15 is 0 Å². The van der Waals surface area contributed by atoms with Gasteiger partial charge < -0.3 is 10.2 Å². The Morgan fingerprint density at radius 3 is 1.33 bits per heavy atom. The van der Waals surface area contributed by atoms with E-state index in [1.807, 2.05) is 0 Å². The van der Waals surface area contributed by atoms with E-state index in [9.17, 15) is 8.42 Å². The number of aliphatic hydroxyl groups excluding tert-OH is 2. The summed E-state index contributed by atoms with van der Waals surface area (Å²) < 4.78 is 43.0. The van der Waals surface area contributed by atoms with Crippen LogP contribution in [0.3, 0.4) is 0 Å². The van der Waals surface area contributed by atoms with Crippen molar-refractivity contribution in [2.75, 3.05) is 0 Å². The zero-order valence-electron chi connectivity index (χ0n) is 5.39. The van der Waals surface area contributed by atoms with Gasteiger partial charge in [0.15, 0.2) is 0 Å². The van der Waals surface area contributed by atoms with Crippen molar-refractivity contribution in [1.29, 1.82) is 0 Å². The minimum Gasteiger partial charge on any atom is -0.363 e. The first-order chi connectivity index (χ1) is 5.43. The molecule has 8 nitrogen and oxygen atoms in total. The van der Waals surface area contributed by atoms with E-state index in [1.165, 1.54) is 0 Å². The van der Waals surface area contributed by atoms with Gasteiger partial charge in [0.25, 0.3) is 0 Å². The molecule has 0 rings (SSSR count). The van der Waals surface area contributed by atoms with Crippen LogP contribution in [0.15, 0.2) is 0 Å². The van der Waals surface area contributed by atoms with Crippen LogP contribution in [0.5, 0.6) is 0 Å². The third-order valence-electron chi connectivity index (χ3n) is 0.606. The van der Waals surface area contributed by atoms with Gasteiger partial charge in [-0.15, -0.1) is 0 Å². The van der Waals surface area contributed by atoms with E-state index in [2.05, 4.69) is 8.37 Å². The number of hydrogen-bond acceptors (Lipinski definition) is 6. The SMILES string of the molecule is O=S(O)OC(O)C(O)OS(=O)O. The van der Waals surface area contributed by atoms with Gasteiger partial charge in [0.1, 0.15) is 0 Å². The van der Waals surface area contributed by atoms with Gasteiger partial charge >= 0.3 is 22.7 Å². The standard InChI is InChI=1S/C2H6O8S2/c3-1(9-11(5)6)2(4)10-12(7)8/h1-4H,(H,5,6)(H,7,8). The molecule has 0 aliphatic heterocycles. The van der Waals surface area contributed by atoms with Crippen molar-refractivity contribution in [3.63, 3.8) is 0 Å². The first-order valence-electron chi connectivity index (χ1n) is 2.35. The highest BCUT2D eigenvalue weighted by atomic mass is 32.2. The maximum atomic E-state index is 9.82. The monoisotopic (exact) mass is 222 g/mol. The lowest BCUT2D eigenvalue weighted by molar-refractivity contribution is -0.177. The van der Waals surface area contributed by atoms with Crippen LogP contribution >= 0.6 is 0 Å². The molecule has 10 heteroatoms. The highest BCUT2D eigenvalue weighted by Crippen LogP contribution is 2.00. The van der Waals surface area contributed by atoms with Crippen LogP contribution in [0.25, 0.3) is 0 Å². The van der Waals surface area contributed by atoms with Gasteiger partial charge in [0.2, 0.25) is 12.6 Å². The van der Waals surface area contributed by atoms with E-state index in [4.69, 9.17) is 19.3 Å². The molecule has 0 aliphatic carbocycles. The van der Waals surface area contributed by atoms with Gasteiger partial charge in [-0.1, -0.05) is 0 Å². The van der Waals surface area contributed by atoms with Crippen molar-refractivity contribution in [2.45, 2.75) is 12.6 Å². The van der Waals surface area contributed by atoms with Crippen molar-refractivity contribution in [3.05, 3.63) is 0 Å². The third-order valence-corrected chi connectivity index (χ3v) is 1.33. The molecule has 0 heterocycles. The summed E-state index contributed by atoms with van der Waals surface area (Å²) in [6, 6.07) is 0. The summed E-state index contributed by atoms with van der Waals surface area (Å²) in [6.45, 7) is 0. The molecular formula is C2H6O8S2. The number of aliphatic hydroxyl groups is 2. The molecule has 0 spiro atoms. The molecule has 0 fully saturated rings. The lowest BCUT2D eigenvalue weighted by atomic mass is 10.6. The van der Waals surface area contributed by atoms with Crippen LogP contribution in [-0.4, -0.2) is 40.3 Å². The van der Waals surface area contributed by atoms with Gasteiger partial charge in [-0.25, -0.2) is 8.37 Å². The molecule has 0 aliphatic rings. The summed E-state index contributed by atoms with van der Waals surface area (Å²) in [5.74, 6) is 0. The van der Waals surface area contributed by atoms with Gasteiger partial charge in [-0.3, -0.25) is 9.11 Å². The zero-order valence-corrected chi connectivity index (χ0v) is 7.03. The van der Waals surface area contributed by atoms with Crippen LogP contribution in [0, 0.1) is 0 Å². The van der Waals surface area contributed by atoms with Crippen molar-refractivity contribution < 1.29 is 36.1 Å². The van der Waals surface area contributed by atoms with Gasteiger partial charge in [0.05, 0.1) is 0 Å². The molecule has 0 bridgehead atoms.